The molecule has 0 atom stereocenters. The first-order valence-electron chi connectivity index (χ1n) is 15.4. The highest BCUT2D eigenvalue weighted by Gasteiger charge is 2.19. The molecule has 7 rings (SSSR count). The van der Waals surface area contributed by atoms with Crippen LogP contribution in [0, 0.1) is 34.3 Å². The van der Waals surface area contributed by atoms with Crippen LogP contribution < -0.4 is 4.74 Å². The topological polar surface area (TPSA) is 62.1 Å². The molecule has 3 heterocycles. The van der Waals surface area contributed by atoms with E-state index in [9.17, 15) is 0 Å². The van der Waals surface area contributed by atoms with Gasteiger partial charge < -0.3 is 4.74 Å². The third kappa shape index (κ3) is 5.08. The van der Waals surface area contributed by atoms with Gasteiger partial charge >= 0.3 is 0 Å². The molecule has 46 heavy (non-hydrogen) atoms. The number of benzene rings is 4. The van der Waals surface area contributed by atoms with E-state index in [1.54, 1.807) is 6.07 Å². The van der Waals surface area contributed by atoms with Gasteiger partial charge in [-0.25, -0.2) is 19.5 Å². The van der Waals surface area contributed by atoms with Crippen molar-refractivity contribution in [3.63, 3.8) is 0 Å². The summed E-state index contributed by atoms with van der Waals surface area (Å²) in [5, 5.41) is 7.03. The van der Waals surface area contributed by atoms with Gasteiger partial charge in [0.2, 0.25) is 0 Å². The van der Waals surface area contributed by atoms with Crippen LogP contribution in [-0.4, -0.2) is 24.3 Å². The fourth-order valence-corrected chi connectivity index (χ4v) is 6.41. The predicted molar refractivity (Wildman–Crippen MR) is 185 cm³/mol. The molecular weight excluding hydrogens is 568 g/mol. The number of nitrogens with zero attached hydrogens (tertiary/aromatic N) is 6. The lowest BCUT2D eigenvalue weighted by Crippen LogP contribution is -2.05. The van der Waals surface area contributed by atoms with Crippen LogP contribution >= 0.6 is 0 Å². The minimum absolute atomic E-state index is 0.381. The lowest BCUT2D eigenvalue weighted by molar-refractivity contribution is 0.484. The van der Waals surface area contributed by atoms with Crippen LogP contribution in [0.2, 0.25) is 0 Å². The fourth-order valence-electron chi connectivity index (χ4n) is 6.41. The van der Waals surface area contributed by atoms with Gasteiger partial charge in [-0.3, -0.25) is 4.57 Å². The van der Waals surface area contributed by atoms with Crippen LogP contribution in [0.15, 0.2) is 91.1 Å². The third-order valence-electron chi connectivity index (χ3n) is 8.39. The van der Waals surface area contributed by atoms with Gasteiger partial charge in [-0.2, -0.15) is 5.10 Å². The second-order valence-electron chi connectivity index (χ2n) is 12.2. The molecule has 4 aromatic carbocycles. The summed E-state index contributed by atoms with van der Waals surface area (Å²) >= 11 is 0. The number of hydrogen-bond acceptors (Lipinski definition) is 4. The van der Waals surface area contributed by atoms with Gasteiger partial charge in [0.15, 0.2) is 11.5 Å². The fraction of sp³-hybridized carbons (Fsp3) is 0.179. The molecule has 0 aliphatic heterocycles. The Balaban J connectivity index is 1.34. The first-order valence-corrected chi connectivity index (χ1v) is 15.4. The smallest absolute Gasteiger partial charge is 0.191 e. The summed E-state index contributed by atoms with van der Waals surface area (Å²) in [5.41, 5.74) is 8.93. The van der Waals surface area contributed by atoms with Crippen LogP contribution in [0.3, 0.4) is 0 Å². The maximum atomic E-state index is 7.85. The quantitative estimate of drug-likeness (QED) is 0.178. The first kappa shape index (κ1) is 29.0. The monoisotopic (exact) mass is 602 g/mol. The molecule has 7 aromatic rings. The van der Waals surface area contributed by atoms with E-state index in [1.165, 1.54) is 11.1 Å². The van der Waals surface area contributed by atoms with E-state index in [1.807, 2.05) is 36.0 Å². The van der Waals surface area contributed by atoms with E-state index in [4.69, 9.17) is 26.4 Å². The zero-order chi connectivity index (χ0) is 32.1. The number of para-hydroxylation sites is 1. The van der Waals surface area contributed by atoms with Crippen LogP contribution in [0.1, 0.15) is 47.8 Å². The van der Waals surface area contributed by atoms with Gasteiger partial charge in [-0.05, 0) is 98.8 Å². The Hall–Kier alpha value is -5.74. The minimum atomic E-state index is 0.381. The molecule has 0 amide bonds. The highest BCUT2D eigenvalue weighted by molar-refractivity contribution is 6.09. The Labute approximate surface area is 268 Å². The SMILES string of the molecule is [C-]#[N+]c1cc(Oc2ccc3c4ccccc4n(-c4cc(C(C)C)ccn4)c3c2)cc(-c2nc(C)nn2-c2c(C)cc(C)cc2C)c1. The van der Waals surface area contributed by atoms with Crippen molar-refractivity contribution in [2.24, 2.45) is 0 Å². The van der Waals surface area contributed by atoms with Gasteiger partial charge in [-0.15, -0.1) is 0 Å². The molecule has 226 valence electrons. The van der Waals surface area contributed by atoms with E-state index < -0.39 is 0 Å². The molecule has 0 spiro atoms. The molecule has 0 N–H and O–H groups in total. The molecule has 0 fully saturated rings. The Kier molecular flexibility index (Phi) is 7.13. The number of rotatable bonds is 6. The molecule has 0 radical (unpaired) electrons. The van der Waals surface area contributed by atoms with Crippen molar-refractivity contribution >= 4 is 27.5 Å². The first-order chi connectivity index (χ1) is 22.2. The lowest BCUT2D eigenvalue weighted by atomic mass is 10.0. The largest absolute Gasteiger partial charge is 0.459 e. The molecule has 0 bridgehead atoms. The summed E-state index contributed by atoms with van der Waals surface area (Å²) in [4.78, 5) is 13.3. The zero-order valence-corrected chi connectivity index (χ0v) is 26.8. The Morgan fingerprint density at radius 2 is 1.54 bits per heavy atom. The maximum Gasteiger partial charge on any atom is 0.191 e. The molecule has 0 aliphatic rings. The van der Waals surface area contributed by atoms with Crippen molar-refractivity contribution in [2.75, 3.05) is 0 Å². The summed E-state index contributed by atoms with van der Waals surface area (Å²) in [6.45, 7) is 20.4. The standard InChI is InChI=1S/C39H34N6O/c1-23(2)28-14-15-41-37(20-28)44-35-11-9-8-10-33(35)34-13-12-31(22-36(34)44)46-32-19-29(18-30(21-32)40-7)39-42-27(6)43-45(39)38-25(4)16-24(3)17-26(38)5/h8-23H,1-6H3. The van der Waals surface area contributed by atoms with Crippen LogP contribution in [0.4, 0.5) is 5.69 Å². The summed E-state index contributed by atoms with van der Waals surface area (Å²) in [7, 11) is 0. The summed E-state index contributed by atoms with van der Waals surface area (Å²) in [6, 6.07) is 28.6. The average molecular weight is 603 g/mol. The number of aryl methyl sites for hydroxylation is 4. The summed E-state index contributed by atoms with van der Waals surface area (Å²) in [5.74, 6) is 3.77. The molecule has 0 saturated heterocycles. The van der Waals surface area contributed by atoms with E-state index in [0.29, 0.717) is 34.8 Å². The number of ether oxygens (including phenoxy) is 1. The highest BCUT2D eigenvalue weighted by Crippen LogP contribution is 2.38. The molecule has 0 aliphatic carbocycles. The van der Waals surface area contributed by atoms with Gasteiger partial charge in [0.05, 0.1) is 23.3 Å². The highest BCUT2D eigenvalue weighted by atomic mass is 16.5. The molecule has 0 unspecified atom stereocenters. The molecule has 7 nitrogen and oxygen atoms in total. The van der Waals surface area contributed by atoms with Crippen LogP contribution in [0.5, 0.6) is 11.5 Å². The zero-order valence-electron chi connectivity index (χ0n) is 26.8. The van der Waals surface area contributed by atoms with Gasteiger partial charge in [0, 0.05) is 28.6 Å². The normalized spacial score (nSPS) is 11.4. The molecule has 3 aromatic heterocycles. The Bertz CT molecular complexity index is 2310. The van der Waals surface area contributed by atoms with Gasteiger partial charge in [0.1, 0.15) is 23.1 Å². The van der Waals surface area contributed by atoms with Crippen molar-refractivity contribution in [1.82, 2.24) is 24.3 Å². The number of aromatic nitrogens is 5. The third-order valence-corrected chi connectivity index (χ3v) is 8.39. The van der Waals surface area contributed by atoms with E-state index >= 15 is 0 Å². The van der Waals surface area contributed by atoms with E-state index in [-0.39, 0.29) is 0 Å². The maximum absolute atomic E-state index is 7.85. The minimum Gasteiger partial charge on any atom is -0.459 e. The Morgan fingerprint density at radius 3 is 2.30 bits per heavy atom. The Morgan fingerprint density at radius 1 is 0.783 bits per heavy atom. The van der Waals surface area contributed by atoms with E-state index in [2.05, 4.69) is 105 Å². The van der Waals surface area contributed by atoms with Crippen LogP contribution in [0.25, 0.3) is 49.5 Å². The number of hydrogen-bond donors (Lipinski definition) is 0. The number of fused-ring (bicyclic) bond motifs is 3. The van der Waals surface area contributed by atoms with Crippen molar-refractivity contribution in [2.45, 2.75) is 47.5 Å². The molecule has 0 saturated carbocycles. The van der Waals surface area contributed by atoms with E-state index in [0.717, 1.165) is 50.0 Å². The van der Waals surface area contributed by atoms with Gasteiger partial charge in [0.25, 0.3) is 0 Å². The second kappa shape index (κ2) is 11.3. The molecular formula is C39H34N6O. The van der Waals surface area contributed by atoms with Gasteiger partial charge in [-0.1, -0.05) is 49.7 Å². The molecule has 7 heteroatoms. The lowest BCUT2D eigenvalue weighted by Gasteiger charge is -2.14. The summed E-state index contributed by atoms with van der Waals surface area (Å²) < 4.78 is 10.6. The van der Waals surface area contributed by atoms with Crippen molar-refractivity contribution < 1.29 is 4.74 Å². The van der Waals surface area contributed by atoms with Crippen molar-refractivity contribution in [1.29, 1.82) is 0 Å². The average Bonchev–Trinajstić information content (AvgIpc) is 3.57. The predicted octanol–water partition coefficient (Wildman–Crippen LogP) is 10.1. The number of pyridine rings is 1. The summed E-state index contributed by atoms with van der Waals surface area (Å²) in [6.07, 6.45) is 1.88. The van der Waals surface area contributed by atoms with Crippen molar-refractivity contribution in [3.05, 3.63) is 131 Å². The van der Waals surface area contributed by atoms with Crippen LogP contribution in [-0.2, 0) is 0 Å². The second-order valence-corrected chi connectivity index (χ2v) is 12.2. The van der Waals surface area contributed by atoms with Crippen molar-refractivity contribution in [3.8, 4) is 34.4 Å².